The van der Waals surface area contributed by atoms with Crippen molar-refractivity contribution in [1.82, 2.24) is 0 Å². The fourth-order valence-electron chi connectivity index (χ4n) is 1.76. The molecule has 0 aliphatic rings. The minimum Gasteiger partial charge on any atom is -0.478 e. The van der Waals surface area contributed by atoms with Gasteiger partial charge in [-0.15, -0.1) is 0 Å². The summed E-state index contributed by atoms with van der Waals surface area (Å²) >= 11 is 0. The lowest BCUT2D eigenvalue weighted by Crippen LogP contribution is -2.26. The number of halogens is 1. The van der Waals surface area contributed by atoms with Crippen LogP contribution >= 0.6 is 0 Å². The van der Waals surface area contributed by atoms with Crippen LogP contribution in [0, 0.1) is 5.82 Å². The molecule has 0 saturated heterocycles. The lowest BCUT2D eigenvalue weighted by molar-refractivity contribution is 0.0696. The van der Waals surface area contributed by atoms with Crippen LogP contribution in [0.15, 0.2) is 53.4 Å². The van der Waals surface area contributed by atoms with Gasteiger partial charge in [-0.05, 0) is 36.4 Å². The van der Waals surface area contributed by atoms with E-state index in [2.05, 4.69) is 0 Å². The molecule has 0 aliphatic carbocycles. The number of sulfonamides is 1. The van der Waals surface area contributed by atoms with E-state index in [9.17, 15) is 17.6 Å². The molecule has 0 saturated carbocycles. The van der Waals surface area contributed by atoms with Crippen molar-refractivity contribution in [2.45, 2.75) is 4.90 Å². The number of hydrogen-bond donors (Lipinski definition) is 1. The molecule has 2 rings (SSSR count). The summed E-state index contributed by atoms with van der Waals surface area (Å²) in [6, 6.07) is 10.1. The molecule has 0 bridgehead atoms. The molecule has 0 radical (unpaired) electrons. The minimum atomic E-state index is -3.96. The zero-order chi connectivity index (χ0) is 15.6. The maximum Gasteiger partial charge on any atom is 0.335 e. The zero-order valence-corrected chi connectivity index (χ0v) is 11.8. The van der Waals surface area contributed by atoms with Gasteiger partial charge in [-0.2, -0.15) is 0 Å². The van der Waals surface area contributed by atoms with Crippen molar-refractivity contribution in [1.29, 1.82) is 0 Å². The van der Waals surface area contributed by atoms with E-state index in [0.717, 1.165) is 16.4 Å². The molecule has 0 aromatic heterocycles. The van der Waals surface area contributed by atoms with Crippen LogP contribution in [0.5, 0.6) is 0 Å². The number of carbonyl (C=O) groups is 1. The lowest BCUT2D eigenvalue weighted by Gasteiger charge is -2.19. The summed E-state index contributed by atoms with van der Waals surface area (Å²) in [7, 11) is -2.69. The summed E-state index contributed by atoms with van der Waals surface area (Å²) in [4.78, 5) is 10.7. The molecule has 2 aromatic carbocycles. The summed E-state index contributed by atoms with van der Waals surface area (Å²) in [5, 5.41) is 8.91. The first-order valence-corrected chi connectivity index (χ1v) is 7.34. The number of nitrogens with zero attached hydrogens (tertiary/aromatic N) is 1. The fraction of sp³-hybridized carbons (Fsp3) is 0.0714. The molecular formula is C14H12FNO4S. The Hall–Kier alpha value is -2.41. The number of benzene rings is 2. The number of carboxylic acid groups (broad SMARTS) is 1. The van der Waals surface area contributed by atoms with Crippen molar-refractivity contribution in [2.75, 3.05) is 11.4 Å². The average molecular weight is 309 g/mol. The van der Waals surface area contributed by atoms with Crippen molar-refractivity contribution >= 4 is 21.7 Å². The Morgan fingerprint density at radius 3 is 2.43 bits per heavy atom. The molecule has 0 atom stereocenters. The van der Waals surface area contributed by atoms with Crippen LogP contribution in [0.2, 0.25) is 0 Å². The van der Waals surface area contributed by atoms with Gasteiger partial charge in [-0.3, -0.25) is 4.31 Å². The summed E-state index contributed by atoms with van der Waals surface area (Å²) < 4.78 is 38.9. The molecule has 2 aromatic rings. The first-order valence-electron chi connectivity index (χ1n) is 5.90. The Morgan fingerprint density at radius 1 is 1.14 bits per heavy atom. The average Bonchev–Trinajstić information content (AvgIpc) is 2.46. The van der Waals surface area contributed by atoms with Gasteiger partial charge in [0.2, 0.25) is 0 Å². The molecule has 110 valence electrons. The predicted octanol–water partition coefficient (Wildman–Crippen LogP) is 2.35. The van der Waals surface area contributed by atoms with Crippen LogP contribution < -0.4 is 4.31 Å². The van der Waals surface area contributed by atoms with Gasteiger partial charge in [0.25, 0.3) is 10.0 Å². The first-order chi connectivity index (χ1) is 9.82. The highest BCUT2D eigenvalue weighted by Crippen LogP contribution is 2.23. The predicted molar refractivity (Wildman–Crippen MR) is 75.4 cm³/mol. The van der Waals surface area contributed by atoms with Gasteiger partial charge in [-0.25, -0.2) is 17.6 Å². The first kappa shape index (κ1) is 15.0. The highest BCUT2D eigenvalue weighted by atomic mass is 32.2. The molecule has 0 heterocycles. The summed E-state index contributed by atoms with van der Waals surface area (Å²) in [5.74, 6) is -1.78. The summed E-state index contributed by atoms with van der Waals surface area (Å²) in [5.41, 5.74) is 0.0134. The highest BCUT2D eigenvalue weighted by Gasteiger charge is 2.22. The van der Waals surface area contributed by atoms with Crippen molar-refractivity contribution < 1.29 is 22.7 Å². The maximum absolute atomic E-state index is 13.2. The third-order valence-electron chi connectivity index (χ3n) is 2.91. The molecule has 0 spiro atoms. The van der Waals surface area contributed by atoms with Crippen LogP contribution in [-0.4, -0.2) is 26.5 Å². The molecule has 5 nitrogen and oxygen atoms in total. The highest BCUT2D eigenvalue weighted by molar-refractivity contribution is 7.92. The largest absolute Gasteiger partial charge is 0.478 e. The molecule has 1 N–H and O–H groups in total. The van der Waals surface area contributed by atoms with E-state index in [0.29, 0.717) is 0 Å². The van der Waals surface area contributed by atoms with Gasteiger partial charge < -0.3 is 5.11 Å². The number of rotatable bonds is 4. The van der Waals surface area contributed by atoms with E-state index in [1.54, 1.807) is 0 Å². The van der Waals surface area contributed by atoms with E-state index < -0.39 is 21.8 Å². The maximum atomic E-state index is 13.2. The molecule has 0 aliphatic heterocycles. The van der Waals surface area contributed by atoms with Gasteiger partial charge in [0.1, 0.15) is 5.82 Å². The van der Waals surface area contributed by atoms with E-state index in [1.165, 1.54) is 43.4 Å². The summed E-state index contributed by atoms with van der Waals surface area (Å²) in [6.07, 6.45) is 0. The second-order valence-electron chi connectivity index (χ2n) is 4.29. The third-order valence-corrected chi connectivity index (χ3v) is 4.69. The quantitative estimate of drug-likeness (QED) is 0.940. The fourth-order valence-corrected chi connectivity index (χ4v) is 2.99. The van der Waals surface area contributed by atoms with E-state index in [1.807, 2.05) is 0 Å². The Labute approximate surface area is 121 Å². The Kier molecular flexibility index (Phi) is 3.95. The molecular weight excluding hydrogens is 297 g/mol. The second kappa shape index (κ2) is 5.53. The molecule has 0 amide bonds. The van der Waals surface area contributed by atoms with Gasteiger partial charge in [-0.1, -0.05) is 12.1 Å². The van der Waals surface area contributed by atoms with Gasteiger partial charge in [0.15, 0.2) is 0 Å². The third kappa shape index (κ3) is 3.03. The molecule has 0 unspecified atom stereocenters. The topological polar surface area (TPSA) is 74.7 Å². The van der Waals surface area contributed by atoms with Gasteiger partial charge >= 0.3 is 5.97 Å². The Morgan fingerprint density at radius 2 is 1.81 bits per heavy atom. The number of anilines is 1. The standard InChI is InChI=1S/C14H12FNO4S/c1-16(12-6-3-5-11(15)9-12)21(19,20)13-7-2-4-10(8-13)14(17)18/h2-9H,1H3,(H,17,18). The molecule has 0 fully saturated rings. The number of carboxylic acids is 1. The SMILES string of the molecule is CN(c1cccc(F)c1)S(=O)(=O)c1cccc(C(=O)O)c1. The zero-order valence-electron chi connectivity index (χ0n) is 11.0. The van der Waals surface area contributed by atoms with Crippen molar-refractivity contribution in [3.05, 3.63) is 59.9 Å². The molecule has 21 heavy (non-hydrogen) atoms. The monoisotopic (exact) mass is 309 g/mol. The van der Waals surface area contributed by atoms with E-state index in [-0.39, 0.29) is 16.1 Å². The molecule has 7 heteroatoms. The number of hydrogen-bond acceptors (Lipinski definition) is 3. The van der Waals surface area contributed by atoms with E-state index >= 15 is 0 Å². The smallest absolute Gasteiger partial charge is 0.335 e. The van der Waals surface area contributed by atoms with Gasteiger partial charge in [0, 0.05) is 7.05 Å². The Bertz CT molecular complexity index is 789. The van der Waals surface area contributed by atoms with E-state index in [4.69, 9.17) is 5.11 Å². The van der Waals surface area contributed by atoms with Gasteiger partial charge in [0.05, 0.1) is 16.1 Å². The normalized spacial score (nSPS) is 11.1. The second-order valence-corrected chi connectivity index (χ2v) is 6.25. The van der Waals surface area contributed by atoms with Crippen molar-refractivity contribution in [2.24, 2.45) is 0 Å². The van der Waals surface area contributed by atoms with Crippen LogP contribution in [0.4, 0.5) is 10.1 Å². The lowest BCUT2D eigenvalue weighted by atomic mass is 10.2. The van der Waals surface area contributed by atoms with Crippen LogP contribution in [0.1, 0.15) is 10.4 Å². The van der Waals surface area contributed by atoms with Crippen molar-refractivity contribution in [3.8, 4) is 0 Å². The summed E-state index contributed by atoms with van der Waals surface area (Å²) in [6.45, 7) is 0. The van der Waals surface area contributed by atoms with Crippen LogP contribution in [-0.2, 0) is 10.0 Å². The minimum absolute atomic E-state index is 0.135. The Balaban J connectivity index is 2.46. The van der Waals surface area contributed by atoms with Crippen LogP contribution in [0.25, 0.3) is 0 Å². The number of aromatic carboxylic acids is 1. The van der Waals surface area contributed by atoms with Crippen LogP contribution in [0.3, 0.4) is 0 Å². The van der Waals surface area contributed by atoms with Crippen molar-refractivity contribution in [3.63, 3.8) is 0 Å².